The molecule has 0 aromatic heterocycles. The normalized spacial score (nSPS) is 23.3. The summed E-state index contributed by atoms with van der Waals surface area (Å²) >= 11 is 0. The van der Waals surface area contributed by atoms with Gasteiger partial charge in [0.05, 0.1) is 23.5 Å². The van der Waals surface area contributed by atoms with E-state index in [0.29, 0.717) is 0 Å². The van der Waals surface area contributed by atoms with E-state index in [4.69, 9.17) is 9.98 Å². The first kappa shape index (κ1) is 16.5. The maximum Gasteiger partial charge on any atom is 0.0852 e. The molecule has 0 bridgehead atoms. The van der Waals surface area contributed by atoms with Crippen LogP contribution >= 0.6 is 0 Å². The lowest BCUT2D eigenvalue weighted by Gasteiger charge is -2.34. The fourth-order valence-electron chi connectivity index (χ4n) is 4.18. The van der Waals surface area contributed by atoms with Crippen molar-refractivity contribution in [2.75, 3.05) is 0 Å². The second-order valence-electron chi connectivity index (χ2n) is 6.67. The van der Waals surface area contributed by atoms with E-state index in [0.717, 1.165) is 23.4 Å². The summed E-state index contributed by atoms with van der Waals surface area (Å²) in [6.07, 6.45) is 6.48. The van der Waals surface area contributed by atoms with Gasteiger partial charge in [0.1, 0.15) is 0 Å². The van der Waals surface area contributed by atoms with Crippen LogP contribution in [0.5, 0.6) is 0 Å². The minimum absolute atomic E-state index is 0.0421. The van der Waals surface area contributed by atoms with E-state index in [1.807, 2.05) is 18.2 Å². The zero-order chi connectivity index (χ0) is 18.1. The van der Waals surface area contributed by atoms with Crippen molar-refractivity contribution in [3.63, 3.8) is 0 Å². The molecule has 2 aliphatic heterocycles. The quantitative estimate of drug-likeness (QED) is 0.649. The van der Waals surface area contributed by atoms with Crippen molar-refractivity contribution in [2.45, 2.75) is 24.4 Å². The third-order valence-corrected chi connectivity index (χ3v) is 5.28. The smallest absolute Gasteiger partial charge is 0.0852 e. The fraction of sp³-hybridized carbons (Fsp3) is 0.167. The topological polar surface area (TPSA) is 24.7 Å². The molecule has 26 heavy (non-hydrogen) atoms. The summed E-state index contributed by atoms with van der Waals surface area (Å²) in [6, 6.07) is 17.1. The largest absolute Gasteiger partial charge is 0.280 e. The van der Waals surface area contributed by atoms with Gasteiger partial charge < -0.3 is 0 Å². The minimum atomic E-state index is 0.0421. The Balaban J connectivity index is 1.91. The molecule has 0 amide bonds. The molecule has 0 saturated heterocycles. The number of allylic oxidation sites excluding steroid dienone is 2. The fourth-order valence-corrected chi connectivity index (χ4v) is 4.18. The summed E-state index contributed by atoms with van der Waals surface area (Å²) in [5.41, 5.74) is 6.82. The highest BCUT2D eigenvalue weighted by Gasteiger charge is 2.39. The van der Waals surface area contributed by atoms with Crippen molar-refractivity contribution in [2.24, 2.45) is 9.98 Å². The van der Waals surface area contributed by atoms with Crippen molar-refractivity contribution in [1.29, 1.82) is 0 Å². The average molecular weight is 338 g/mol. The summed E-state index contributed by atoms with van der Waals surface area (Å²) in [6.45, 7) is 11.9. The van der Waals surface area contributed by atoms with Gasteiger partial charge in [-0.3, -0.25) is 9.98 Å². The number of aliphatic imine (C=N–C) groups is 2. The van der Waals surface area contributed by atoms with Gasteiger partial charge in [-0.1, -0.05) is 67.8 Å². The molecule has 2 aromatic rings. The van der Waals surface area contributed by atoms with Crippen molar-refractivity contribution in [1.82, 2.24) is 0 Å². The van der Waals surface area contributed by atoms with E-state index < -0.39 is 0 Å². The van der Waals surface area contributed by atoms with Crippen LogP contribution in [0, 0.1) is 0 Å². The highest BCUT2D eigenvalue weighted by molar-refractivity contribution is 6.12. The Labute approximate surface area is 155 Å². The van der Waals surface area contributed by atoms with Gasteiger partial charge in [0, 0.05) is 17.0 Å². The van der Waals surface area contributed by atoms with E-state index in [1.165, 1.54) is 16.7 Å². The molecule has 3 unspecified atom stereocenters. The first-order valence-electron chi connectivity index (χ1n) is 8.98. The maximum atomic E-state index is 5.05. The molecule has 2 heteroatoms. The summed E-state index contributed by atoms with van der Waals surface area (Å²) in [7, 11) is 0. The minimum Gasteiger partial charge on any atom is -0.280 e. The Morgan fingerprint density at radius 3 is 2.00 bits per heavy atom. The SMILES string of the molecule is C=CCC1N=C(C=C)c2ccccc2C1C1N=C(C=C)c2ccccc21. The van der Waals surface area contributed by atoms with Crippen molar-refractivity contribution >= 4 is 11.4 Å². The van der Waals surface area contributed by atoms with E-state index in [2.05, 4.69) is 68.3 Å². The van der Waals surface area contributed by atoms with Crippen LogP contribution in [0.3, 0.4) is 0 Å². The molecule has 2 aliphatic rings. The van der Waals surface area contributed by atoms with Gasteiger partial charge in [0.2, 0.25) is 0 Å². The van der Waals surface area contributed by atoms with E-state index >= 15 is 0 Å². The molecule has 0 fully saturated rings. The maximum absolute atomic E-state index is 5.05. The van der Waals surface area contributed by atoms with Gasteiger partial charge in [-0.05, 0) is 29.7 Å². The molecule has 0 spiro atoms. The van der Waals surface area contributed by atoms with Crippen molar-refractivity contribution in [3.05, 3.63) is 109 Å². The molecule has 2 nitrogen and oxygen atoms in total. The van der Waals surface area contributed by atoms with Gasteiger partial charge in [-0.15, -0.1) is 6.58 Å². The number of nitrogens with zero attached hydrogens (tertiary/aromatic N) is 2. The number of hydrogen-bond acceptors (Lipinski definition) is 2. The molecular weight excluding hydrogens is 316 g/mol. The Hall–Kier alpha value is -3.00. The van der Waals surface area contributed by atoms with Crippen LogP contribution < -0.4 is 0 Å². The third kappa shape index (κ3) is 2.50. The van der Waals surface area contributed by atoms with Crippen LogP contribution in [0.25, 0.3) is 0 Å². The van der Waals surface area contributed by atoms with Gasteiger partial charge in [0.25, 0.3) is 0 Å². The number of fused-ring (bicyclic) bond motifs is 2. The average Bonchev–Trinajstić information content (AvgIpc) is 3.06. The van der Waals surface area contributed by atoms with E-state index in [-0.39, 0.29) is 18.0 Å². The van der Waals surface area contributed by atoms with Gasteiger partial charge in [-0.2, -0.15) is 0 Å². The standard InChI is InChI=1S/C24H22N2/c1-4-11-22-23(18-14-9-7-12-16(18)20(5-2)25-22)24-19-15-10-8-13-17(19)21(6-3)26-24/h4-10,12-15,22-24H,1-3,11H2. The zero-order valence-electron chi connectivity index (χ0n) is 14.8. The van der Waals surface area contributed by atoms with E-state index in [1.54, 1.807) is 0 Å². The second kappa shape index (κ2) is 6.72. The predicted octanol–water partition coefficient (Wildman–Crippen LogP) is 5.43. The van der Waals surface area contributed by atoms with Crippen LogP contribution in [0.15, 0.2) is 96.5 Å². The van der Waals surface area contributed by atoms with Gasteiger partial charge >= 0.3 is 0 Å². The highest BCUT2D eigenvalue weighted by atomic mass is 14.9. The molecule has 0 saturated carbocycles. The van der Waals surface area contributed by atoms with Gasteiger partial charge in [0.15, 0.2) is 0 Å². The van der Waals surface area contributed by atoms with Crippen LogP contribution in [-0.4, -0.2) is 17.5 Å². The lowest BCUT2D eigenvalue weighted by atomic mass is 9.76. The zero-order valence-corrected chi connectivity index (χ0v) is 14.8. The Kier molecular flexibility index (Phi) is 4.26. The Morgan fingerprint density at radius 1 is 0.769 bits per heavy atom. The molecule has 2 heterocycles. The first-order chi connectivity index (χ1) is 12.8. The Morgan fingerprint density at radius 2 is 1.35 bits per heavy atom. The second-order valence-corrected chi connectivity index (χ2v) is 6.67. The molecule has 2 aromatic carbocycles. The highest BCUT2D eigenvalue weighted by Crippen LogP contribution is 2.46. The van der Waals surface area contributed by atoms with Crippen LogP contribution in [-0.2, 0) is 0 Å². The van der Waals surface area contributed by atoms with Crippen LogP contribution in [0.2, 0.25) is 0 Å². The van der Waals surface area contributed by atoms with Crippen LogP contribution in [0.1, 0.15) is 40.6 Å². The summed E-state index contributed by atoms with van der Waals surface area (Å²) in [5, 5.41) is 0. The molecule has 0 aliphatic carbocycles. The van der Waals surface area contributed by atoms with E-state index in [9.17, 15) is 0 Å². The Bertz CT molecular complexity index is 948. The molecule has 3 atom stereocenters. The lowest BCUT2D eigenvalue weighted by Crippen LogP contribution is -2.29. The number of hydrogen-bond donors (Lipinski definition) is 0. The third-order valence-electron chi connectivity index (χ3n) is 5.28. The molecule has 4 rings (SSSR count). The first-order valence-corrected chi connectivity index (χ1v) is 8.98. The predicted molar refractivity (Wildman–Crippen MR) is 110 cm³/mol. The monoisotopic (exact) mass is 338 g/mol. The van der Waals surface area contributed by atoms with Crippen LogP contribution in [0.4, 0.5) is 0 Å². The molecule has 0 radical (unpaired) electrons. The lowest BCUT2D eigenvalue weighted by molar-refractivity contribution is 0.461. The van der Waals surface area contributed by atoms with Crippen molar-refractivity contribution in [3.8, 4) is 0 Å². The summed E-state index contributed by atoms with van der Waals surface area (Å²) < 4.78 is 0. The summed E-state index contributed by atoms with van der Waals surface area (Å²) in [5.74, 6) is 0.173. The number of rotatable bonds is 5. The van der Waals surface area contributed by atoms with Gasteiger partial charge in [-0.25, -0.2) is 0 Å². The number of benzene rings is 2. The van der Waals surface area contributed by atoms with Crippen molar-refractivity contribution < 1.29 is 0 Å². The summed E-state index contributed by atoms with van der Waals surface area (Å²) in [4.78, 5) is 10.1. The molecular formula is C24H22N2. The molecule has 0 N–H and O–H groups in total. The molecule has 128 valence electrons.